The summed E-state index contributed by atoms with van der Waals surface area (Å²) in [7, 11) is 2.55. The highest BCUT2D eigenvalue weighted by Gasteiger charge is 2.39. The third-order valence-electron chi connectivity index (χ3n) is 12.1. The van der Waals surface area contributed by atoms with Crippen LogP contribution in [0.4, 0.5) is 9.59 Å². The normalized spacial score (nSPS) is 19.2. The number of aromatic nitrogens is 5. The molecule has 1 aliphatic carbocycles. The highest BCUT2D eigenvalue weighted by atomic mass is 16.5. The maximum Gasteiger partial charge on any atom is 0.407 e. The number of hydrogen-bond acceptors (Lipinski definition) is 9. The van der Waals surface area contributed by atoms with Crippen molar-refractivity contribution in [1.82, 2.24) is 45.4 Å². The fourth-order valence-electron chi connectivity index (χ4n) is 8.72. The number of carbonyl (C=O) groups is 4. The van der Waals surface area contributed by atoms with E-state index in [1.54, 1.807) is 35.6 Å². The lowest BCUT2D eigenvalue weighted by molar-refractivity contribution is -0.135. The minimum atomic E-state index is -0.990. The number of alkyl carbamates (subject to hydrolysis) is 2. The van der Waals surface area contributed by atoms with Crippen LogP contribution in [0.15, 0.2) is 97.6 Å². The Morgan fingerprint density at radius 2 is 1.52 bits per heavy atom. The molecule has 0 bridgehead atoms. The van der Waals surface area contributed by atoms with Crippen LogP contribution in [-0.4, -0.2) is 92.1 Å². The topological polar surface area (TPSA) is 188 Å². The number of allylic oxidation sites excluding steroid dienone is 1. The van der Waals surface area contributed by atoms with E-state index in [-0.39, 0.29) is 35.7 Å². The molecule has 3 aliphatic rings. The van der Waals surface area contributed by atoms with Crippen LogP contribution in [0, 0.1) is 5.92 Å². The van der Waals surface area contributed by atoms with E-state index in [1.807, 2.05) is 24.9 Å². The number of benzene rings is 2. The van der Waals surface area contributed by atoms with Gasteiger partial charge >= 0.3 is 12.2 Å². The number of methoxy groups -OCH3 is 2. The molecule has 320 valence electrons. The maximum absolute atomic E-state index is 14.0. The van der Waals surface area contributed by atoms with E-state index in [0.717, 1.165) is 58.7 Å². The number of ether oxygens (including phenoxy) is 2. The van der Waals surface area contributed by atoms with Crippen molar-refractivity contribution in [2.24, 2.45) is 5.92 Å². The average molecular weight is 838 g/mol. The van der Waals surface area contributed by atoms with Crippen LogP contribution >= 0.6 is 0 Å². The highest BCUT2D eigenvalue weighted by molar-refractivity contribution is 5.88. The molecule has 15 heteroatoms. The van der Waals surface area contributed by atoms with Crippen molar-refractivity contribution < 1.29 is 28.7 Å². The molecular formula is C47H51N9O6. The van der Waals surface area contributed by atoms with E-state index >= 15 is 0 Å². The molecule has 4 amide bonds. The minimum Gasteiger partial charge on any atom is -0.453 e. The molecule has 2 unspecified atom stereocenters. The number of pyridine rings is 1. The maximum atomic E-state index is 14.0. The first-order valence-electron chi connectivity index (χ1n) is 20.9. The van der Waals surface area contributed by atoms with Gasteiger partial charge in [0.1, 0.15) is 23.7 Å². The van der Waals surface area contributed by atoms with Gasteiger partial charge in [-0.2, -0.15) is 0 Å². The summed E-state index contributed by atoms with van der Waals surface area (Å²) in [5, 5.41) is 5.37. The van der Waals surface area contributed by atoms with Gasteiger partial charge in [0.05, 0.1) is 50.1 Å². The number of imidazole rings is 2. The molecule has 15 nitrogen and oxygen atoms in total. The van der Waals surface area contributed by atoms with Crippen molar-refractivity contribution in [3.8, 4) is 22.5 Å². The molecule has 4 N–H and O–H groups in total. The van der Waals surface area contributed by atoms with Crippen LogP contribution < -0.4 is 10.6 Å². The van der Waals surface area contributed by atoms with Gasteiger partial charge in [0.25, 0.3) is 5.91 Å². The van der Waals surface area contributed by atoms with E-state index in [9.17, 15) is 19.2 Å². The molecule has 0 saturated carbocycles. The summed E-state index contributed by atoms with van der Waals surface area (Å²) in [5.74, 6) is 1.01. The first-order valence-corrected chi connectivity index (χ1v) is 20.9. The Morgan fingerprint density at radius 1 is 0.823 bits per heavy atom. The number of rotatable bonds is 11. The fraction of sp³-hybridized carbons (Fsp3) is 0.340. The summed E-state index contributed by atoms with van der Waals surface area (Å²) < 4.78 is 9.59. The second-order valence-corrected chi connectivity index (χ2v) is 16.4. The lowest BCUT2D eigenvalue weighted by Gasteiger charge is -2.30. The molecule has 2 aliphatic heterocycles. The van der Waals surface area contributed by atoms with E-state index in [2.05, 4.69) is 86.8 Å². The molecule has 2 saturated heterocycles. The van der Waals surface area contributed by atoms with Gasteiger partial charge in [0.15, 0.2) is 0 Å². The summed E-state index contributed by atoms with van der Waals surface area (Å²) in [6, 6.07) is 16.1. The molecule has 8 rings (SSSR count). The largest absolute Gasteiger partial charge is 0.453 e. The van der Waals surface area contributed by atoms with Gasteiger partial charge < -0.3 is 39.9 Å². The number of hydrogen-bond donors (Lipinski definition) is 4. The van der Waals surface area contributed by atoms with Gasteiger partial charge in [-0.25, -0.2) is 19.6 Å². The third-order valence-corrected chi connectivity index (χ3v) is 12.1. The number of aromatic amines is 2. The second-order valence-electron chi connectivity index (χ2n) is 16.4. The Balaban J connectivity index is 0.924. The number of fused-ring (bicyclic) bond motifs is 1. The van der Waals surface area contributed by atoms with Crippen LogP contribution in [0.1, 0.15) is 91.1 Å². The first-order chi connectivity index (χ1) is 30.0. The highest BCUT2D eigenvalue weighted by Crippen LogP contribution is 2.38. The molecule has 0 radical (unpaired) electrons. The van der Waals surface area contributed by atoms with E-state index in [0.29, 0.717) is 30.9 Å². The van der Waals surface area contributed by atoms with E-state index in [4.69, 9.17) is 19.4 Å². The monoisotopic (exact) mass is 837 g/mol. The molecule has 62 heavy (non-hydrogen) atoms. The van der Waals surface area contributed by atoms with Crippen molar-refractivity contribution in [3.05, 3.63) is 132 Å². The lowest BCUT2D eigenvalue weighted by Crippen LogP contribution is -2.51. The average Bonchev–Trinajstić information content (AvgIpc) is 4.14. The third kappa shape index (κ3) is 8.60. The van der Waals surface area contributed by atoms with Gasteiger partial charge in [-0.05, 0) is 66.0 Å². The van der Waals surface area contributed by atoms with Crippen molar-refractivity contribution in [2.45, 2.75) is 69.6 Å². The Hall–Kier alpha value is -7.03. The standard InChI is InChI=1S/C47H51N9O6/c1-27(2)40(53-46(59)61-4)44(57)55-19-7-9-38(55)42-49-25-37(52-42)34-17-16-32-21-31(14-15-33(32)22-34)29-10-12-30(13-11-29)36-24-50-43(51-36)39-20-28(3)26-56(39)45(58)41(54-47(60)62-5)35-8-6-18-48-23-35/h6,8,10-18,22-25,27,31,38-41H,3,7,9,19-21,26H2,1-2,4-5H3,(H,49,52)(H,50,51)(H,53,59)(H,54,60)/t31?,38-,39-,40-,41?/m0/s1. The number of amides is 4. The van der Waals surface area contributed by atoms with Crippen molar-refractivity contribution in [2.75, 3.05) is 27.3 Å². The second kappa shape index (κ2) is 17.9. The molecule has 2 fully saturated rings. The molecule has 5 atom stereocenters. The van der Waals surface area contributed by atoms with Crippen molar-refractivity contribution in [3.63, 3.8) is 0 Å². The zero-order valence-corrected chi connectivity index (χ0v) is 35.3. The van der Waals surface area contributed by atoms with Gasteiger partial charge in [-0.15, -0.1) is 0 Å². The smallest absolute Gasteiger partial charge is 0.407 e. The van der Waals surface area contributed by atoms with E-state index < -0.39 is 24.3 Å². The zero-order chi connectivity index (χ0) is 43.5. The van der Waals surface area contributed by atoms with E-state index in [1.165, 1.54) is 25.3 Å². The summed E-state index contributed by atoms with van der Waals surface area (Å²) in [4.78, 5) is 75.9. The predicted octanol–water partition coefficient (Wildman–Crippen LogP) is 7.19. The van der Waals surface area contributed by atoms with Gasteiger partial charge in [0.2, 0.25) is 5.91 Å². The summed E-state index contributed by atoms with van der Waals surface area (Å²) >= 11 is 0. The van der Waals surface area contributed by atoms with Gasteiger partial charge in [-0.3, -0.25) is 14.6 Å². The Kier molecular flexibility index (Phi) is 12.0. The van der Waals surface area contributed by atoms with Gasteiger partial charge in [-0.1, -0.05) is 80.6 Å². The number of H-pyrrole nitrogens is 2. The summed E-state index contributed by atoms with van der Waals surface area (Å²) in [5.41, 5.74) is 8.71. The molecule has 5 heterocycles. The first kappa shape index (κ1) is 41.7. The molecule has 2 aromatic carbocycles. The van der Waals surface area contributed by atoms with Crippen LogP contribution in [0.5, 0.6) is 0 Å². The summed E-state index contributed by atoms with van der Waals surface area (Å²) in [6.07, 6.45) is 12.9. The lowest BCUT2D eigenvalue weighted by atomic mass is 9.84. The zero-order valence-electron chi connectivity index (χ0n) is 35.3. The van der Waals surface area contributed by atoms with Crippen molar-refractivity contribution in [1.29, 1.82) is 0 Å². The summed E-state index contributed by atoms with van der Waals surface area (Å²) in [6.45, 7) is 8.90. The Labute approximate surface area is 360 Å². The van der Waals surface area contributed by atoms with Crippen molar-refractivity contribution >= 4 is 30.1 Å². The van der Waals surface area contributed by atoms with Crippen LogP contribution in [-0.2, 0) is 25.5 Å². The molecule has 3 aromatic heterocycles. The Morgan fingerprint density at radius 3 is 2.21 bits per heavy atom. The van der Waals surface area contributed by atoms with Crippen LogP contribution in [0.25, 0.3) is 28.6 Å². The number of carbonyl (C=O) groups excluding carboxylic acids is 4. The number of likely N-dealkylation sites (tertiary alicyclic amines) is 2. The van der Waals surface area contributed by atoms with Crippen LogP contribution in [0.2, 0.25) is 0 Å². The van der Waals surface area contributed by atoms with Crippen LogP contribution in [0.3, 0.4) is 0 Å². The number of nitrogens with one attached hydrogen (secondary N) is 4. The molecular weight excluding hydrogens is 787 g/mol. The number of nitrogens with zero attached hydrogens (tertiary/aromatic N) is 5. The predicted molar refractivity (Wildman–Crippen MR) is 232 cm³/mol. The minimum absolute atomic E-state index is 0.108. The quantitative estimate of drug-likeness (QED) is 0.1000. The SMILES string of the molecule is C=C1C[C@@H](c2ncc(-c3ccc(C4C=Cc5cc(-c6cnc([C@@H]7CCCN7C(=O)[C@@H](NC(=O)OC)C(C)C)[nH]6)ccc5C4)cc3)[nH]2)N(C(=O)C(NC(=O)OC)c2cccnc2)C1. The fourth-order valence-corrected chi connectivity index (χ4v) is 8.72. The molecule has 5 aromatic rings. The molecule has 0 spiro atoms. The Bertz CT molecular complexity index is 2490. The van der Waals surface area contributed by atoms with Gasteiger partial charge in [0, 0.05) is 42.5 Å².